The van der Waals surface area contributed by atoms with Crippen LogP contribution in [0.5, 0.6) is 0 Å². The molecule has 1 heterocycles. The van der Waals surface area contributed by atoms with Gasteiger partial charge in [-0.1, -0.05) is 29.3 Å². The number of benzene rings is 2. The van der Waals surface area contributed by atoms with Crippen molar-refractivity contribution in [3.05, 3.63) is 87.3 Å². The van der Waals surface area contributed by atoms with Gasteiger partial charge in [-0.15, -0.1) is 23.2 Å². The third kappa shape index (κ3) is 4.81. The average molecular weight is 549 g/mol. The highest BCUT2D eigenvalue weighted by atomic mass is 35.5. The molecule has 0 saturated heterocycles. The molecule has 176 valence electrons. The second-order valence-electron chi connectivity index (χ2n) is 7.43. The lowest BCUT2D eigenvalue weighted by Crippen LogP contribution is -2.18. The van der Waals surface area contributed by atoms with Crippen molar-refractivity contribution in [1.82, 2.24) is 4.98 Å². The van der Waals surface area contributed by atoms with Crippen LogP contribution in [0, 0.1) is 23.4 Å². The lowest BCUT2D eigenvalue weighted by Gasteiger charge is -2.10. The lowest BCUT2D eigenvalue weighted by molar-refractivity contribution is -0.117. The normalized spacial score (nSPS) is 18.3. The minimum Gasteiger partial charge on any atom is -0.326 e. The molecule has 0 unspecified atom stereocenters. The number of halogens is 7. The van der Waals surface area contributed by atoms with Gasteiger partial charge in [-0.2, -0.15) is 0 Å². The minimum absolute atomic E-state index is 0.00676. The highest BCUT2D eigenvalue weighted by Crippen LogP contribution is 2.65. The van der Waals surface area contributed by atoms with E-state index >= 15 is 0 Å². The van der Waals surface area contributed by atoms with Gasteiger partial charge in [-0.3, -0.25) is 9.59 Å². The number of anilines is 2. The molecule has 0 spiro atoms. The molecule has 1 fully saturated rings. The number of carbonyl (C=O) groups is 2. The third-order valence-corrected chi connectivity index (χ3v) is 6.72. The van der Waals surface area contributed by atoms with Crippen LogP contribution >= 0.6 is 46.4 Å². The first-order valence-electron chi connectivity index (χ1n) is 9.54. The van der Waals surface area contributed by atoms with Gasteiger partial charge in [0.1, 0.15) is 16.0 Å². The summed E-state index contributed by atoms with van der Waals surface area (Å²) < 4.78 is 38.9. The Balaban J connectivity index is 1.51. The minimum atomic E-state index is -1.45. The van der Waals surface area contributed by atoms with Gasteiger partial charge >= 0.3 is 0 Å². The van der Waals surface area contributed by atoms with E-state index in [1.807, 2.05) is 0 Å². The van der Waals surface area contributed by atoms with Crippen molar-refractivity contribution in [2.75, 3.05) is 10.6 Å². The predicted octanol–water partition coefficient (Wildman–Crippen LogP) is 6.58. The van der Waals surface area contributed by atoms with E-state index in [0.29, 0.717) is 11.6 Å². The van der Waals surface area contributed by atoms with E-state index in [-0.39, 0.29) is 21.3 Å². The maximum absolute atomic E-state index is 13.8. The summed E-state index contributed by atoms with van der Waals surface area (Å²) in [5.41, 5.74) is 0.561. The quantitative estimate of drug-likeness (QED) is 0.354. The maximum Gasteiger partial charge on any atom is 0.258 e. The van der Waals surface area contributed by atoms with Crippen molar-refractivity contribution >= 4 is 69.7 Å². The Labute approximate surface area is 211 Å². The van der Waals surface area contributed by atoms with E-state index in [2.05, 4.69) is 15.6 Å². The van der Waals surface area contributed by atoms with Crippen molar-refractivity contribution < 1.29 is 22.8 Å². The molecule has 3 aromatic rings. The number of carbonyl (C=O) groups excluding carboxylic acids is 2. The lowest BCUT2D eigenvalue weighted by atomic mass is 10.1. The summed E-state index contributed by atoms with van der Waals surface area (Å²) >= 11 is 24.5. The number of hydrogen-bond donors (Lipinski definition) is 2. The largest absolute Gasteiger partial charge is 0.326 e. The maximum atomic E-state index is 13.8. The number of pyridine rings is 1. The summed E-state index contributed by atoms with van der Waals surface area (Å²) in [5.74, 6) is -6.03. The zero-order valence-electron chi connectivity index (χ0n) is 16.7. The SMILES string of the molecule is O=C(Nc1ncc(F)cc1F)c1cc(NC(=O)[C@H]2[C@H](c3ccc(F)c(Cl)c3)C2(Cl)Cl)ccc1Cl. The van der Waals surface area contributed by atoms with E-state index in [1.165, 1.54) is 30.3 Å². The van der Waals surface area contributed by atoms with Crippen molar-refractivity contribution in [1.29, 1.82) is 0 Å². The number of rotatable bonds is 5. The van der Waals surface area contributed by atoms with Crippen LogP contribution in [-0.4, -0.2) is 21.1 Å². The number of amides is 2. The molecule has 12 heteroatoms. The van der Waals surface area contributed by atoms with Gasteiger partial charge < -0.3 is 10.6 Å². The molecule has 34 heavy (non-hydrogen) atoms. The topological polar surface area (TPSA) is 71.1 Å². The van der Waals surface area contributed by atoms with Crippen LogP contribution in [-0.2, 0) is 4.79 Å². The number of aromatic nitrogens is 1. The molecular formula is C22H12Cl4F3N3O2. The van der Waals surface area contributed by atoms with Gasteiger partial charge in [0.05, 0.1) is 27.7 Å². The summed E-state index contributed by atoms with van der Waals surface area (Å²) in [6.45, 7) is 0. The molecule has 2 amide bonds. The molecule has 5 nitrogen and oxygen atoms in total. The van der Waals surface area contributed by atoms with Crippen LogP contribution < -0.4 is 10.6 Å². The molecule has 0 radical (unpaired) electrons. The molecule has 0 aliphatic heterocycles. The van der Waals surface area contributed by atoms with Crippen molar-refractivity contribution in [3.8, 4) is 0 Å². The first-order valence-corrected chi connectivity index (χ1v) is 11.1. The van der Waals surface area contributed by atoms with Crippen LogP contribution in [0.25, 0.3) is 0 Å². The number of nitrogens with zero attached hydrogens (tertiary/aromatic N) is 1. The van der Waals surface area contributed by atoms with Gasteiger partial charge in [0.15, 0.2) is 11.6 Å². The van der Waals surface area contributed by atoms with Gasteiger partial charge in [-0.05, 0) is 35.9 Å². The predicted molar refractivity (Wildman–Crippen MR) is 124 cm³/mol. The summed E-state index contributed by atoms with van der Waals surface area (Å²) in [4.78, 5) is 28.9. The zero-order valence-corrected chi connectivity index (χ0v) is 19.7. The molecule has 2 aromatic carbocycles. The van der Waals surface area contributed by atoms with Crippen LogP contribution in [0.15, 0.2) is 48.7 Å². The standard InChI is InChI=1S/C22H12Cl4F3N3O2/c23-13-3-2-11(7-12(13)20(33)32-19-16(29)6-10(27)8-30-19)31-21(34)18-17(22(18,25)26)9-1-4-15(28)14(24)5-9/h1-8,17-18H,(H,31,34)(H,30,32,33)/t17-,18+/m0/s1. The van der Waals surface area contributed by atoms with Gasteiger partial charge in [0, 0.05) is 17.7 Å². The van der Waals surface area contributed by atoms with E-state index in [0.717, 1.165) is 12.3 Å². The smallest absolute Gasteiger partial charge is 0.258 e. The number of hydrogen-bond acceptors (Lipinski definition) is 3. The Hall–Kier alpha value is -2.52. The van der Waals surface area contributed by atoms with E-state index < -0.39 is 51.3 Å². The molecule has 2 atom stereocenters. The van der Waals surface area contributed by atoms with E-state index in [4.69, 9.17) is 46.4 Å². The molecular weight excluding hydrogens is 537 g/mol. The number of nitrogens with one attached hydrogen (secondary N) is 2. The van der Waals surface area contributed by atoms with Crippen LogP contribution in [0.2, 0.25) is 10.0 Å². The summed E-state index contributed by atoms with van der Waals surface area (Å²) in [6.07, 6.45) is 0.738. The van der Waals surface area contributed by atoms with Gasteiger partial charge in [-0.25, -0.2) is 18.2 Å². The fraction of sp³-hybridized carbons (Fsp3) is 0.136. The van der Waals surface area contributed by atoms with E-state index in [9.17, 15) is 22.8 Å². The molecule has 0 bridgehead atoms. The van der Waals surface area contributed by atoms with E-state index in [1.54, 1.807) is 0 Å². The average Bonchev–Trinajstić information content (AvgIpc) is 3.35. The monoisotopic (exact) mass is 547 g/mol. The molecule has 1 aliphatic rings. The Morgan fingerprint density at radius 1 is 0.912 bits per heavy atom. The molecule has 2 N–H and O–H groups in total. The molecule has 1 aliphatic carbocycles. The Kier molecular flexibility index (Phi) is 6.70. The molecule has 1 saturated carbocycles. The van der Waals surface area contributed by atoms with Crippen LogP contribution in [0.1, 0.15) is 21.8 Å². The Morgan fingerprint density at radius 2 is 1.65 bits per heavy atom. The second-order valence-corrected chi connectivity index (χ2v) is 9.68. The van der Waals surface area contributed by atoms with Crippen molar-refractivity contribution in [2.45, 2.75) is 10.3 Å². The summed E-state index contributed by atoms with van der Waals surface area (Å²) in [5, 5.41) is 4.66. The fourth-order valence-electron chi connectivity index (χ4n) is 3.45. The summed E-state index contributed by atoms with van der Waals surface area (Å²) in [6, 6.07) is 8.54. The first-order chi connectivity index (χ1) is 16.0. The van der Waals surface area contributed by atoms with Gasteiger partial charge in [0.2, 0.25) is 5.91 Å². The Morgan fingerprint density at radius 3 is 2.32 bits per heavy atom. The summed E-state index contributed by atoms with van der Waals surface area (Å²) in [7, 11) is 0. The number of alkyl halides is 2. The van der Waals surface area contributed by atoms with Gasteiger partial charge in [0.25, 0.3) is 5.91 Å². The first kappa shape index (κ1) is 24.6. The highest BCUT2D eigenvalue weighted by molar-refractivity contribution is 6.53. The van der Waals surface area contributed by atoms with Crippen LogP contribution in [0.4, 0.5) is 24.7 Å². The van der Waals surface area contributed by atoms with Crippen molar-refractivity contribution in [2.24, 2.45) is 5.92 Å². The van der Waals surface area contributed by atoms with Crippen molar-refractivity contribution in [3.63, 3.8) is 0 Å². The zero-order chi connectivity index (χ0) is 24.8. The highest BCUT2D eigenvalue weighted by Gasteiger charge is 2.67. The third-order valence-electron chi connectivity index (χ3n) is 5.16. The van der Waals surface area contributed by atoms with Crippen LogP contribution in [0.3, 0.4) is 0 Å². The second kappa shape index (κ2) is 9.26. The fourth-order valence-corrected chi connectivity index (χ4v) is 4.67. The Bertz CT molecular complexity index is 1320. The molecule has 1 aromatic heterocycles. The molecule has 4 rings (SSSR count).